The highest BCUT2D eigenvalue weighted by atomic mass is 16.6. The molecule has 0 radical (unpaired) electrons. The number of hydrogen-bond acceptors (Lipinski definition) is 5. The molecule has 0 spiro atoms. The Morgan fingerprint density at radius 3 is 1.62 bits per heavy atom. The van der Waals surface area contributed by atoms with Gasteiger partial charge in [-0.15, -0.1) is 0 Å². The molecule has 1 aliphatic rings. The third kappa shape index (κ3) is 6.25. The maximum atomic E-state index is 9.14. The van der Waals surface area contributed by atoms with E-state index in [1.807, 2.05) is 91.0 Å². The molecule has 0 N–H and O–H groups in total. The van der Waals surface area contributed by atoms with Crippen LogP contribution >= 0.6 is 0 Å². The fourth-order valence-corrected chi connectivity index (χ4v) is 3.79. The second-order valence-electron chi connectivity index (χ2n) is 7.92. The third-order valence-electron chi connectivity index (χ3n) is 5.50. The Morgan fingerprint density at radius 1 is 0.706 bits per heavy atom. The fourth-order valence-electron chi connectivity index (χ4n) is 3.79. The van der Waals surface area contributed by atoms with Gasteiger partial charge in [-0.05, 0) is 27.3 Å². The first-order valence-electron chi connectivity index (χ1n) is 11.1. The van der Waals surface area contributed by atoms with Crippen molar-refractivity contribution in [3.05, 3.63) is 130 Å². The van der Waals surface area contributed by atoms with Crippen LogP contribution in [0, 0.1) is 0 Å². The lowest BCUT2D eigenvalue weighted by molar-refractivity contribution is -0.212. The topological polar surface area (TPSA) is 85.7 Å². The Labute approximate surface area is 199 Å². The molecule has 0 aliphatic carbocycles. The zero-order chi connectivity index (χ0) is 23.6. The summed E-state index contributed by atoms with van der Waals surface area (Å²) in [5.41, 5.74) is 12.1. The molecule has 3 aromatic carbocycles. The lowest BCUT2D eigenvalue weighted by Crippen LogP contribution is -2.54. The van der Waals surface area contributed by atoms with E-state index in [1.54, 1.807) is 0 Å². The molecule has 174 valence electrons. The van der Waals surface area contributed by atoms with Gasteiger partial charge in [0, 0.05) is 4.91 Å². The van der Waals surface area contributed by atoms with Gasteiger partial charge in [-0.25, -0.2) is 0 Å². The quantitative estimate of drug-likeness (QED) is 0.215. The van der Waals surface area contributed by atoms with E-state index in [-0.39, 0.29) is 0 Å². The molecule has 1 saturated heterocycles. The van der Waals surface area contributed by atoms with Crippen LogP contribution in [0.1, 0.15) is 16.7 Å². The molecule has 0 bridgehead atoms. The second-order valence-corrected chi connectivity index (χ2v) is 7.92. The highest BCUT2D eigenvalue weighted by molar-refractivity contribution is 5.17. The van der Waals surface area contributed by atoms with Crippen molar-refractivity contribution >= 4 is 0 Å². The molecule has 0 saturated carbocycles. The summed E-state index contributed by atoms with van der Waals surface area (Å²) in [5, 5.41) is 3.82. The molecule has 0 unspecified atom stereocenters. The SMILES string of the molecule is C=C1O[C@@H](N=[N+]=[N-])[C@H](OCc2ccccc2)[C@@H](OCc2ccccc2)[C@@H]1OCc1ccccc1. The van der Waals surface area contributed by atoms with Gasteiger partial charge in [-0.1, -0.05) is 97.6 Å². The van der Waals surface area contributed by atoms with Gasteiger partial charge in [0.2, 0.25) is 6.23 Å². The van der Waals surface area contributed by atoms with Gasteiger partial charge in [-0.2, -0.15) is 0 Å². The number of nitrogens with zero attached hydrogens (tertiary/aromatic N) is 3. The summed E-state index contributed by atoms with van der Waals surface area (Å²) in [7, 11) is 0. The van der Waals surface area contributed by atoms with Crippen molar-refractivity contribution in [1.82, 2.24) is 0 Å². The molecule has 0 aromatic heterocycles. The maximum absolute atomic E-state index is 9.14. The first-order chi connectivity index (χ1) is 16.7. The second kappa shape index (κ2) is 12.0. The van der Waals surface area contributed by atoms with Gasteiger partial charge < -0.3 is 18.9 Å². The summed E-state index contributed by atoms with van der Waals surface area (Å²) in [4.78, 5) is 2.95. The van der Waals surface area contributed by atoms with Crippen LogP contribution in [0.3, 0.4) is 0 Å². The van der Waals surface area contributed by atoms with E-state index in [2.05, 4.69) is 16.6 Å². The molecule has 34 heavy (non-hydrogen) atoms. The van der Waals surface area contributed by atoms with E-state index in [9.17, 15) is 0 Å². The zero-order valence-corrected chi connectivity index (χ0v) is 18.8. The van der Waals surface area contributed by atoms with Crippen molar-refractivity contribution in [2.45, 2.75) is 44.4 Å². The van der Waals surface area contributed by atoms with Crippen molar-refractivity contribution in [3.8, 4) is 0 Å². The van der Waals surface area contributed by atoms with E-state index in [0.717, 1.165) is 16.7 Å². The summed E-state index contributed by atoms with van der Waals surface area (Å²) in [5.74, 6) is 0.339. The van der Waals surface area contributed by atoms with Crippen LogP contribution in [-0.2, 0) is 38.8 Å². The number of rotatable bonds is 10. The van der Waals surface area contributed by atoms with Crippen molar-refractivity contribution in [2.75, 3.05) is 0 Å². The van der Waals surface area contributed by atoms with Crippen LogP contribution in [0.2, 0.25) is 0 Å². The minimum atomic E-state index is -0.932. The van der Waals surface area contributed by atoms with Gasteiger partial charge in [0.15, 0.2) is 0 Å². The summed E-state index contributed by atoms with van der Waals surface area (Å²) >= 11 is 0. The lowest BCUT2D eigenvalue weighted by Gasteiger charge is -2.41. The van der Waals surface area contributed by atoms with Gasteiger partial charge >= 0.3 is 0 Å². The molecule has 1 fully saturated rings. The number of benzene rings is 3. The average Bonchev–Trinajstić information content (AvgIpc) is 2.88. The molecule has 0 amide bonds. The van der Waals surface area contributed by atoms with Crippen LogP contribution < -0.4 is 0 Å². The molecule has 3 aromatic rings. The van der Waals surface area contributed by atoms with Gasteiger partial charge in [0.1, 0.15) is 24.1 Å². The van der Waals surface area contributed by atoms with E-state index < -0.39 is 24.5 Å². The first kappa shape index (κ1) is 23.5. The van der Waals surface area contributed by atoms with Crippen LogP contribution in [-0.4, -0.2) is 24.5 Å². The van der Waals surface area contributed by atoms with Crippen LogP contribution in [0.5, 0.6) is 0 Å². The summed E-state index contributed by atoms with van der Waals surface area (Å²) in [6.07, 6.45) is -2.86. The number of ether oxygens (including phenoxy) is 4. The number of hydrogen-bond donors (Lipinski definition) is 0. The Bertz CT molecular complexity index is 1090. The van der Waals surface area contributed by atoms with Crippen molar-refractivity contribution in [3.63, 3.8) is 0 Å². The highest BCUT2D eigenvalue weighted by Gasteiger charge is 2.45. The molecule has 1 heterocycles. The average molecular weight is 458 g/mol. The minimum absolute atomic E-state index is 0.301. The van der Waals surface area contributed by atoms with E-state index in [4.69, 9.17) is 24.5 Å². The Morgan fingerprint density at radius 2 is 1.15 bits per heavy atom. The van der Waals surface area contributed by atoms with Crippen molar-refractivity contribution in [1.29, 1.82) is 0 Å². The zero-order valence-electron chi connectivity index (χ0n) is 18.8. The molecular weight excluding hydrogens is 430 g/mol. The molecule has 7 heteroatoms. The Balaban J connectivity index is 1.57. The monoisotopic (exact) mass is 457 g/mol. The summed E-state index contributed by atoms with van der Waals surface area (Å²) in [6, 6.07) is 29.4. The fraction of sp³-hybridized carbons (Fsp3) is 0.259. The molecule has 7 nitrogen and oxygen atoms in total. The van der Waals surface area contributed by atoms with E-state index in [1.165, 1.54) is 0 Å². The summed E-state index contributed by atoms with van der Waals surface area (Å²) in [6.45, 7) is 5.01. The lowest BCUT2D eigenvalue weighted by atomic mass is 10.0. The van der Waals surface area contributed by atoms with Gasteiger partial charge in [0.05, 0.1) is 19.8 Å². The van der Waals surface area contributed by atoms with Crippen LogP contribution in [0.15, 0.2) is 108 Å². The van der Waals surface area contributed by atoms with Crippen LogP contribution in [0.4, 0.5) is 0 Å². The smallest absolute Gasteiger partial charge is 0.205 e. The van der Waals surface area contributed by atoms with Gasteiger partial charge in [-0.3, -0.25) is 0 Å². The highest BCUT2D eigenvalue weighted by Crippen LogP contribution is 2.32. The molecule has 4 rings (SSSR count). The first-order valence-corrected chi connectivity index (χ1v) is 11.1. The number of azide groups is 1. The molecule has 4 atom stereocenters. The van der Waals surface area contributed by atoms with Crippen molar-refractivity contribution in [2.24, 2.45) is 5.11 Å². The largest absolute Gasteiger partial charge is 0.484 e. The predicted molar refractivity (Wildman–Crippen MR) is 128 cm³/mol. The van der Waals surface area contributed by atoms with Crippen molar-refractivity contribution < 1.29 is 18.9 Å². The van der Waals surface area contributed by atoms with Crippen LogP contribution in [0.25, 0.3) is 10.4 Å². The standard InChI is InChI=1S/C27H27N3O4/c1-20-24(31-17-21-11-5-2-6-12-21)25(32-18-22-13-7-3-8-14-22)26(27(34-20)29-30-28)33-19-23-15-9-4-10-16-23/h2-16,24-27H,1,17-19H2/t24-,25+,26-,27-/m1/s1. The Kier molecular flexibility index (Phi) is 8.32. The normalized spacial score (nSPS) is 21.9. The van der Waals surface area contributed by atoms with E-state index in [0.29, 0.717) is 25.6 Å². The predicted octanol–water partition coefficient (Wildman–Crippen LogP) is 5.92. The molecule has 1 aliphatic heterocycles. The molecular formula is C27H27N3O4. The third-order valence-corrected chi connectivity index (χ3v) is 5.50. The summed E-state index contributed by atoms with van der Waals surface area (Å²) < 4.78 is 24.7. The maximum Gasteiger partial charge on any atom is 0.205 e. The van der Waals surface area contributed by atoms with Gasteiger partial charge in [0.25, 0.3) is 0 Å². The Hall–Kier alpha value is -3.61. The minimum Gasteiger partial charge on any atom is -0.484 e. The van der Waals surface area contributed by atoms with E-state index >= 15 is 0 Å².